The number of benzene rings is 1. The van der Waals surface area contributed by atoms with Crippen LogP contribution in [0.15, 0.2) is 28.9 Å². The molecule has 1 aromatic carbocycles. The van der Waals surface area contributed by atoms with Crippen molar-refractivity contribution in [3.05, 3.63) is 35.7 Å². The fourth-order valence-corrected chi connectivity index (χ4v) is 3.63. The average molecular weight is 318 g/mol. The number of oxazole rings is 1. The first kappa shape index (κ1) is 15.1. The van der Waals surface area contributed by atoms with Gasteiger partial charge < -0.3 is 14.8 Å². The van der Waals surface area contributed by atoms with Crippen molar-refractivity contribution in [1.82, 2.24) is 4.98 Å². The molecule has 1 unspecified atom stereocenters. The quantitative estimate of drug-likeness (QED) is 0.910. The zero-order chi connectivity index (χ0) is 15.7. The van der Waals surface area contributed by atoms with Crippen molar-refractivity contribution in [2.75, 3.05) is 16.8 Å². The van der Waals surface area contributed by atoms with Gasteiger partial charge >= 0.3 is 0 Å². The summed E-state index contributed by atoms with van der Waals surface area (Å²) in [4.78, 5) is 16.6. The van der Waals surface area contributed by atoms with Crippen LogP contribution < -0.4 is 5.32 Å². The Morgan fingerprint density at radius 1 is 1.45 bits per heavy atom. The molecule has 22 heavy (non-hydrogen) atoms. The lowest BCUT2D eigenvalue weighted by Crippen LogP contribution is -2.42. The molecule has 1 aliphatic heterocycles. The van der Waals surface area contributed by atoms with Crippen molar-refractivity contribution in [3.8, 4) is 11.5 Å². The van der Waals surface area contributed by atoms with Crippen LogP contribution in [0.1, 0.15) is 17.7 Å². The zero-order valence-corrected chi connectivity index (χ0v) is 13.4. The van der Waals surface area contributed by atoms with Gasteiger partial charge in [-0.1, -0.05) is 6.07 Å². The summed E-state index contributed by atoms with van der Waals surface area (Å²) in [6.45, 7) is 3.82. The second kappa shape index (κ2) is 5.78. The minimum Gasteiger partial charge on any atom is -0.444 e. The summed E-state index contributed by atoms with van der Waals surface area (Å²) < 4.78 is 5.43. The summed E-state index contributed by atoms with van der Waals surface area (Å²) in [5.74, 6) is 1.42. The van der Waals surface area contributed by atoms with Crippen molar-refractivity contribution < 1.29 is 14.3 Å². The van der Waals surface area contributed by atoms with E-state index in [1.807, 2.05) is 32.0 Å². The van der Waals surface area contributed by atoms with Crippen LogP contribution in [0.2, 0.25) is 0 Å². The topological polar surface area (TPSA) is 75.4 Å². The van der Waals surface area contributed by atoms with Gasteiger partial charge in [-0.2, -0.15) is 11.8 Å². The summed E-state index contributed by atoms with van der Waals surface area (Å²) in [7, 11) is 0. The van der Waals surface area contributed by atoms with Crippen LogP contribution in [0.25, 0.3) is 11.5 Å². The van der Waals surface area contributed by atoms with Crippen molar-refractivity contribution >= 4 is 23.4 Å². The van der Waals surface area contributed by atoms with E-state index in [4.69, 9.17) is 4.42 Å². The van der Waals surface area contributed by atoms with E-state index in [-0.39, 0.29) is 5.91 Å². The highest BCUT2D eigenvalue weighted by Gasteiger charge is 2.39. The van der Waals surface area contributed by atoms with E-state index >= 15 is 0 Å². The van der Waals surface area contributed by atoms with E-state index in [1.165, 1.54) is 0 Å². The van der Waals surface area contributed by atoms with Gasteiger partial charge in [-0.05, 0) is 43.7 Å². The van der Waals surface area contributed by atoms with Crippen LogP contribution in [-0.2, 0) is 4.79 Å². The summed E-state index contributed by atoms with van der Waals surface area (Å²) in [5.41, 5.74) is 2.01. The van der Waals surface area contributed by atoms with E-state index in [1.54, 1.807) is 18.0 Å². The maximum Gasteiger partial charge on any atom is 0.257 e. The molecular weight excluding hydrogens is 300 g/mol. The number of amides is 1. The number of nitrogens with one attached hydrogen (secondary N) is 1. The fraction of sp³-hybridized carbons (Fsp3) is 0.375. The molecule has 1 aliphatic rings. The number of carbonyl (C=O) groups excluding carboxylic acids is 1. The number of hydrogen-bond acceptors (Lipinski definition) is 5. The molecule has 0 saturated carbocycles. The predicted octanol–water partition coefficient (Wildman–Crippen LogP) is 2.76. The van der Waals surface area contributed by atoms with E-state index < -0.39 is 5.60 Å². The SMILES string of the molecule is Cc1coc(-c2cc(NC(=O)C3(O)CCSC3)ccc2C)n1. The molecule has 0 spiro atoms. The van der Waals surface area contributed by atoms with E-state index in [9.17, 15) is 9.90 Å². The Balaban J connectivity index is 1.85. The predicted molar refractivity (Wildman–Crippen MR) is 86.9 cm³/mol. The molecule has 0 bridgehead atoms. The molecule has 0 aliphatic carbocycles. The van der Waals surface area contributed by atoms with Crippen LogP contribution in [0.5, 0.6) is 0 Å². The number of hydrogen-bond donors (Lipinski definition) is 2. The number of aliphatic hydroxyl groups is 1. The third-order valence-corrected chi connectivity index (χ3v) is 4.94. The number of aromatic nitrogens is 1. The van der Waals surface area contributed by atoms with Crippen molar-refractivity contribution in [3.63, 3.8) is 0 Å². The molecule has 0 radical (unpaired) electrons. The second-order valence-corrected chi connectivity index (χ2v) is 6.72. The molecule has 3 rings (SSSR count). The molecule has 5 nitrogen and oxygen atoms in total. The first-order valence-electron chi connectivity index (χ1n) is 7.13. The summed E-state index contributed by atoms with van der Waals surface area (Å²) >= 11 is 1.59. The van der Waals surface area contributed by atoms with Crippen molar-refractivity contribution in [2.24, 2.45) is 0 Å². The summed E-state index contributed by atoms with van der Waals surface area (Å²) in [6.07, 6.45) is 2.08. The first-order chi connectivity index (χ1) is 10.5. The number of anilines is 1. The highest BCUT2D eigenvalue weighted by Crippen LogP contribution is 2.30. The van der Waals surface area contributed by atoms with Crippen LogP contribution >= 0.6 is 11.8 Å². The third-order valence-electron chi connectivity index (χ3n) is 3.77. The Morgan fingerprint density at radius 2 is 2.27 bits per heavy atom. The lowest BCUT2D eigenvalue weighted by Gasteiger charge is -2.20. The van der Waals surface area contributed by atoms with Gasteiger partial charge in [0.25, 0.3) is 5.91 Å². The van der Waals surface area contributed by atoms with Crippen LogP contribution in [-0.4, -0.2) is 33.1 Å². The molecule has 1 fully saturated rings. The van der Waals surface area contributed by atoms with E-state index in [0.29, 0.717) is 23.8 Å². The lowest BCUT2D eigenvalue weighted by molar-refractivity contribution is -0.131. The normalized spacial score (nSPS) is 21.0. The minimum atomic E-state index is -1.27. The van der Waals surface area contributed by atoms with Crippen molar-refractivity contribution in [2.45, 2.75) is 25.9 Å². The molecule has 116 valence electrons. The maximum absolute atomic E-state index is 12.3. The Hall–Kier alpha value is -1.79. The van der Waals surface area contributed by atoms with Gasteiger partial charge in [0, 0.05) is 17.0 Å². The first-order valence-corrected chi connectivity index (χ1v) is 8.28. The smallest absolute Gasteiger partial charge is 0.257 e. The number of nitrogens with zero attached hydrogens (tertiary/aromatic N) is 1. The minimum absolute atomic E-state index is 0.351. The molecular formula is C16H18N2O3S. The highest BCUT2D eigenvalue weighted by atomic mass is 32.2. The Morgan fingerprint density at radius 3 is 2.91 bits per heavy atom. The van der Waals surface area contributed by atoms with Gasteiger partial charge in [0.1, 0.15) is 6.26 Å². The van der Waals surface area contributed by atoms with Gasteiger partial charge in [-0.25, -0.2) is 4.98 Å². The van der Waals surface area contributed by atoms with E-state index in [2.05, 4.69) is 10.3 Å². The van der Waals surface area contributed by atoms with Gasteiger partial charge in [0.2, 0.25) is 5.89 Å². The number of thioether (sulfide) groups is 1. The lowest BCUT2D eigenvalue weighted by atomic mass is 10.0. The molecule has 1 amide bonds. The average Bonchev–Trinajstić information content (AvgIpc) is 3.11. The van der Waals surface area contributed by atoms with Crippen LogP contribution in [0.4, 0.5) is 5.69 Å². The van der Waals surface area contributed by atoms with Gasteiger partial charge in [-0.3, -0.25) is 4.79 Å². The second-order valence-electron chi connectivity index (χ2n) is 5.61. The monoisotopic (exact) mass is 318 g/mol. The molecule has 1 aromatic heterocycles. The summed E-state index contributed by atoms with van der Waals surface area (Å²) in [5, 5.41) is 13.1. The number of aryl methyl sites for hydroxylation is 2. The summed E-state index contributed by atoms with van der Waals surface area (Å²) in [6, 6.07) is 5.54. The third kappa shape index (κ3) is 2.89. The van der Waals surface area contributed by atoms with Crippen molar-refractivity contribution in [1.29, 1.82) is 0 Å². The highest BCUT2D eigenvalue weighted by molar-refractivity contribution is 7.99. The van der Waals surface area contributed by atoms with E-state index in [0.717, 1.165) is 22.6 Å². The van der Waals surface area contributed by atoms with Crippen LogP contribution in [0, 0.1) is 13.8 Å². The molecule has 1 atom stereocenters. The van der Waals surface area contributed by atoms with Gasteiger partial charge in [0.15, 0.2) is 5.60 Å². The largest absolute Gasteiger partial charge is 0.444 e. The molecule has 2 heterocycles. The standard InChI is InChI=1S/C16H18N2O3S/c1-10-3-4-12(7-13(10)14-17-11(2)8-21-14)18-15(19)16(20)5-6-22-9-16/h3-4,7-8,20H,5-6,9H2,1-2H3,(H,18,19). The molecule has 6 heteroatoms. The van der Waals surface area contributed by atoms with Crippen LogP contribution in [0.3, 0.4) is 0 Å². The molecule has 1 saturated heterocycles. The molecule has 2 aromatic rings. The zero-order valence-electron chi connectivity index (χ0n) is 12.5. The Kier molecular flexibility index (Phi) is 3.97. The number of carbonyl (C=O) groups is 1. The maximum atomic E-state index is 12.3. The Labute approximate surface area is 133 Å². The number of rotatable bonds is 3. The fourth-order valence-electron chi connectivity index (χ4n) is 2.39. The van der Waals surface area contributed by atoms with Gasteiger partial charge in [0.05, 0.1) is 5.69 Å². The molecule has 2 N–H and O–H groups in total. The van der Waals surface area contributed by atoms with Gasteiger partial charge in [-0.15, -0.1) is 0 Å². The Bertz CT molecular complexity index is 705.